The summed E-state index contributed by atoms with van der Waals surface area (Å²) in [6.07, 6.45) is -0.250. The van der Waals surface area contributed by atoms with Crippen molar-refractivity contribution in [3.8, 4) is 5.75 Å². The van der Waals surface area contributed by atoms with Crippen LogP contribution >= 0.6 is 0 Å². The Bertz CT molecular complexity index is 344. The lowest BCUT2D eigenvalue weighted by Crippen LogP contribution is -2.11. The van der Waals surface area contributed by atoms with E-state index in [2.05, 4.69) is 0 Å². The summed E-state index contributed by atoms with van der Waals surface area (Å²) in [7, 11) is 0. The second-order valence-corrected chi connectivity index (χ2v) is 3.18. The Morgan fingerprint density at radius 3 is 2.27 bits per heavy atom. The number of esters is 1. The standard InChI is InChI=1S/C11H12F2O2/c1-3-11(12,13)9-4-6-10(7-5-9)15-8(2)14/h4-7H,3H2,1-2H3. The van der Waals surface area contributed by atoms with Crippen LogP contribution in [0.3, 0.4) is 0 Å². The molecule has 0 aliphatic carbocycles. The lowest BCUT2D eigenvalue weighted by atomic mass is 10.1. The van der Waals surface area contributed by atoms with Crippen molar-refractivity contribution in [2.45, 2.75) is 26.2 Å². The maximum absolute atomic E-state index is 13.2. The number of benzene rings is 1. The Kier molecular flexibility index (Phi) is 3.39. The van der Waals surface area contributed by atoms with Gasteiger partial charge in [0.1, 0.15) is 5.75 Å². The largest absolute Gasteiger partial charge is 0.427 e. The monoisotopic (exact) mass is 214 g/mol. The lowest BCUT2D eigenvalue weighted by molar-refractivity contribution is -0.131. The number of carbonyl (C=O) groups excluding carboxylic acids is 1. The Hall–Kier alpha value is -1.45. The fourth-order valence-corrected chi connectivity index (χ4v) is 1.14. The molecular weight excluding hydrogens is 202 g/mol. The topological polar surface area (TPSA) is 26.3 Å². The predicted octanol–water partition coefficient (Wildman–Crippen LogP) is 3.11. The summed E-state index contributed by atoms with van der Waals surface area (Å²) in [6, 6.07) is 5.25. The predicted molar refractivity (Wildman–Crippen MR) is 51.9 cm³/mol. The first kappa shape index (κ1) is 11.6. The van der Waals surface area contributed by atoms with Crippen LogP contribution in [0.5, 0.6) is 5.75 Å². The highest BCUT2D eigenvalue weighted by atomic mass is 19.3. The van der Waals surface area contributed by atoms with E-state index in [9.17, 15) is 13.6 Å². The van der Waals surface area contributed by atoms with Gasteiger partial charge in [0.05, 0.1) is 0 Å². The minimum absolute atomic E-state index is 0.0686. The highest BCUT2D eigenvalue weighted by molar-refractivity contribution is 5.69. The molecule has 0 aliphatic rings. The zero-order valence-electron chi connectivity index (χ0n) is 8.59. The molecule has 1 rings (SSSR count). The van der Waals surface area contributed by atoms with Crippen molar-refractivity contribution in [2.75, 3.05) is 0 Å². The summed E-state index contributed by atoms with van der Waals surface area (Å²) >= 11 is 0. The molecule has 1 aromatic carbocycles. The molecule has 0 saturated heterocycles. The van der Waals surface area contributed by atoms with Gasteiger partial charge in [0.2, 0.25) is 0 Å². The fourth-order valence-electron chi connectivity index (χ4n) is 1.14. The zero-order valence-corrected chi connectivity index (χ0v) is 8.59. The molecule has 0 atom stereocenters. The molecule has 0 heterocycles. The van der Waals surface area contributed by atoms with Gasteiger partial charge >= 0.3 is 5.97 Å². The molecule has 15 heavy (non-hydrogen) atoms. The van der Waals surface area contributed by atoms with Crippen LogP contribution in [0, 0.1) is 0 Å². The van der Waals surface area contributed by atoms with Gasteiger partial charge in [-0.15, -0.1) is 0 Å². The molecule has 0 N–H and O–H groups in total. The second kappa shape index (κ2) is 4.38. The third-order valence-electron chi connectivity index (χ3n) is 1.98. The molecule has 82 valence electrons. The molecule has 0 spiro atoms. The van der Waals surface area contributed by atoms with Gasteiger partial charge in [-0.2, -0.15) is 0 Å². The maximum atomic E-state index is 13.2. The molecule has 2 nitrogen and oxygen atoms in total. The van der Waals surface area contributed by atoms with Crippen molar-refractivity contribution < 1.29 is 18.3 Å². The summed E-state index contributed by atoms with van der Waals surface area (Å²) in [5, 5.41) is 0. The Labute approximate surface area is 86.9 Å². The molecule has 1 aromatic rings. The Morgan fingerprint density at radius 2 is 1.87 bits per heavy atom. The van der Waals surface area contributed by atoms with E-state index in [0.717, 1.165) is 0 Å². The van der Waals surface area contributed by atoms with Gasteiger partial charge in [0, 0.05) is 18.9 Å². The summed E-state index contributed by atoms with van der Waals surface area (Å²) in [4.78, 5) is 10.6. The summed E-state index contributed by atoms with van der Waals surface area (Å²) in [5.74, 6) is -3.02. The van der Waals surface area contributed by atoms with E-state index in [1.807, 2.05) is 0 Å². The van der Waals surface area contributed by atoms with E-state index >= 15 is 0 Å². The molecule has 0 radical (unpaired) electrons. The first-order valence-electron chi connectivity index (χ1n) is 4.62. The first-order valence-corrected chi connectivity index (χ1v) is 4.62. The van der Waals surface area contributed by atoms with Gasteiger partial charge in [-0.1, -0.05) is 6.92 Å². The van der Waals surface area contributed by atoms with Gasteiger partial charge in [0.15, 0.2) is 0 Å². The number of carbonyl (C=O) groups is 1. The zero-order chi connectivity index (χ0) is 11.5. The van der Waals surface area contributed by atoms with Gasteiger partial charge in [-0.05, 0) is 24.3 Å². The third kappa shape index (κ3) is 3.01. The first-order chi connectivity index (χ1) is 6.95. The van der Waals surface area contributed by atoms with Gasteiger partial charge < -0.3 is 4.74 Å². The highest BCUT2D eigenvalue weighted by Gasteiger charge is 2.28. The maximum Gasteiger partial charge on any atom is 0.308 e. The average Bonchev–Trinajstić information content (AvgIpc) is 2.18. The number of ether oxygens (including phenoxy) is 1. The SMILES string of the molecule is CCC(F)(F)c1ccc(OC(C)=O)cc1. The van der Waals surface area contributed by atoms with E-state index in [1.165, 1.54) is 38.1 Å². The molecule has 0 unspecified atom stereocenters. The number of hydrogen-bond acceptors (Lipinski definition) is 2. The van der Waals surface area contributed by atoms with Crippen LogP contribution in [-0.4, -0.2) is 5.97 Å². The van der Waals surface area contributed by atoms with Crippen molar-refractivity contribution in [3.05, 3.63) is 29.8 Å². The summed E-state index contributed by atoms with van der Waals surface area (Å²) in [6.45, 7) is 2.68. The van der Waals surface area contributed by atoms with E-state index in [4.69, 9.17) is 4.74 Å². The van der Waals surface area contributed by atoms with Crippen LogP contribution in [0.15, 0.2) is 24.3 Å². The molecule has 0 saturated carbocycles. The molecule has 0 aliphatic heterocycles. The Balaban J connectivity index is 2.85. The van der Waals surface area contributed by atoms with Crippen molar-refractivity contribution >= 4 is 5.97 Å². The molecule has 0 fully saturated rings. The molecular formula is C11H12F2O2. The number of hydrogen-bond donors (Lipinski definition) is 0. The van der Waals surface area contributed by atoms with Crippen molar-refractivity contribution in [1.29, 1.82) is 0 Å². The molecule has 4 heteroatoms. The van der Waals surface area contributed by atoms with Crippen molar-refractivity contribution in [1.82, 2.24) is 0 Å². The molecule has 0 aromatic heterocycles. The van der Waals surface area contributed by atoms with E-state index in [1.54, 1.807) is 0 Å². The summed E-state index contributed by atoms with van der Waals surface area (Å²) in [5.41, 5.74) is -0.0686. The van der Waals surface area contributed by atoms with E-state index < -0.39 is 11.9 Å². The normalized spacial score (nSPS) is 11.2. The van der Waals surface area contributed by atoms with Crippen LogP contribution in [0.4, 0.5) is 8.78 Å². The van der Waals surface area contributed by atoms with E-state index in [0.29, 0.717) is 0 Å². The minimum atomic E-state index is -2.82. The third-order valence-corrected chi connectivity index (χ3v) is 1.98. The molecule has 0 bridgehead atoms. The van der Waals surface area contributed by atoms with Crippen LogP contribution in [0.2, 0.25) is 0 Å². The van der Waals surface area contributed by atoms with Crippen LogP contribution < -0.4 is 4.74 Å². The van der Waals surface area contributed by atoms with E-state index in [-0.39, 0.29) is 17.7 Å². The van der Waals surface area contributed by atoms with Crippen LogP contribution in [-0.2, 0) is 10.7 Å². The second-order valence-electron chi connectivity index (χ2n) is 3.18. The summed E-state index contributed by atoms with van der Waals surface area (Å²) < 4.78 is 31.1. The van der Waals surface area contributed by atoms with Gasteiger partial charge in [-0.25, -0.2) is 8.78 Å². The van der Waals surface area contributed by atoms with Crippen molar-refractivity contribution in [3.63, 3.8) is 0 Å². The fraction of sp³-hybridized carbons (Fsp3) is 0.364. The number of halogens is 2. The molecule has 0 amide bonds. The quantitative estimate of drug-likeness (QED) is 0.570. The average molecular weight is 214 g/mol. The lowest BCUT2D eigenvalue weighted by Gasteiger charge is -2.14. The Morgan fingerprint density at radius 1 is 1.33 bits per heavy atom. The highest BCUT2D eigenvalue weighted by Crippen LogP contribution is 2.32. The van der Waals surface area contributed by atoms with Gasteiger partial charge in [-0.3, -0.25) is 4.79 Å². The number of alkyl halides is 2. The smallest absolute Gasteiger partial charge is 0.308 e. The van der Waals surface area contributed by atoms with Gasteiger partial charge in [0.25, 0.3) is 5.92 Å². The van der Waals surface area contributed by atoms with Crippen LogP contribution in [0.1, 0.15) is 25.8 Å². The minimum Gasteiger partial charge on any atom is -0.427 e. The van der Waals surface area contributed by atoms with Crippen LogP contribution in [0.25, 0.3) is 0 Å². The number of rotatable bonds is 3. The van der Waals surface area contributed by atoms with Crippen molar-refractivity contribution in [2.24, 2.45) is 0 Å².